The van der Waals surface area contributed by atoms with Crippen LogP contribution in [0.1, 0.15) is 36.4 Å². The zero-order valence-electron chi connectivity index (χ0n) is 11.2. The molecule has 1 nitrogen and oxygen atoms in total. The molecule has 0 amide bonds. The van der Waals surface area contributed by atoms with Gasteiger partial charge < -0.3 is 5.32 Å². The third kappa shape index (κ3) is 1.83. The first-order chi connectivity index (χ1) is 8.81. The molecule has 0 saturated heterocycles. The average Bonchev–Trinajstić information content (AvgIpc) is 2.35. The predicted molar refractivity (Wildman–Crippen MR) is 77.8 cm³/mol. The van der Waals surface area contributed by atoms with Crippen LogP contribution in [0.5, 0.6) is 0 Å². The standard InChI is InChI=1S/C17H21N/c1-12-10-11-16(15-9-4-3-8-14(12)15)17(18-2)13-6-5-7-13/h3-4,8-11,13,17-18H,5-7H2,1-2H3. The van der Waals surface area contributed by atoms with Gasteiger partial charge in [-0.3, -0.25) is 0 Å². The zero-order chi connectivity index (χ0) is 12.5. The predicted octanol–water partition coefficient (Wildman–Crippen LogP) is 4.21. The summed E-state index contributed by atoms with van der Waals surface area (Å²) in [4.78, 5) is 0. The van der Waals surface area contributed by atoms with E-state index in [9.17, 15) is 0 Å². The summed E-state index contributed by atoms with van der Waals surface area (Å²) in [7, 11) is 2.09. The fraction of sp³-hybridized carbons (Fsp3) is 0.412. The van der Waals surface area contributed by atoms with Gasteiger partial charge in [-0.05, 0) is 54.6 Å². The monoisotopic (exact) mass is 239 g/mol. The molecule has 0 spiro atoms. The topological polar surface area (TPSA) is 12.0 Å². The molecule has 1 aliphatic carbocycles. The van der Waals surface area contributed by atoms with Gasteiger partial charge in [-0.25, -0.2) is 0 Å². The van der Waals surface area contributed by atoms with Crippen LogP contribution < -0.4 is 5.32 Å². The van der Waals surface area contributed by atoms with Crippen LogP contribution in [0, 0.1) is 12.8 Å². The molecule has 2 aromatic rings. The minimum Gasteiger partial charge on any atom is -0.313 e. The van der Waals surface area contributed by atoms with Crippen molar-refractivity contribution in [1.82, 2.24) is 5.32 Å². The van der Waals surface area contributed by atoms with Crippen molar-refractivity contribution in [2.75, 3.05) is 7.05 Å². The minimum atomic E-state index is 0.518. The molecule has 0 heterocycles. The van der Waals surface area contributed by atoms with Crippen LogP contribution in [0.15, 0.2) is 36.4 Å². The van der Waals surface area contributed by atoms with Crippen molar-refractivity contribution in [2.24, 2.45) is 5.92 Å². The number of rotatable bonds is 3. The smallest absolute Gasteiger partial charge is 0.0352 e. The Labute approximate surface area is 109 Å². The summed E-state index contributed by atoms with van der Waals surface area (Å²) in [5.41, 5.74) is 2.85. The van der Waals surface area contributed by atoms with Gasteiger partial charge in [0.25, 0.3) is 0 Å². The van der Waals surface area contributed by atoms with E-state index in [2.05, 4.69) is 55.7 Å². The highest BCUT2D eigenvalue weighted by Crippen LogP contribution is 2.40. The maximum atomic E-state index is 3.53. The van der Waals surface area contributed by atoms with Crippen molar-refractivity contribution >= 4 is 10.8 Å². The first kappa shape index (κ1) is 11.7. The largest absolute Gasteiger partial charge is 0.313 e. The van der Waals surface area contributed by atoms with Gasteiger partial charge in [0.1, 0.15) is 0 Å². The minimum absolute atomic E-state index is 0.518. The van der Waals surface area contributed by atoms with Gasteiger partial charge in [0.2, 0.25) is 0 Å². The molecule has 18 heavy (non-hydrogen) atoms. The van der Waals surface area contributed by atoms with E-state index in [1.54, 1.807) is 0 Å². The summed E-state index contributed by atoms with van der Waals surface area (Å²) in [5, 5.41) is 6.35. The van der Waals surface area contributed by atoms with E-state index < -0.39 is 0 Å². The number of fused-ring (bicyclic) bond motifs is 1. The Bertz CT molecular complexity index is 555. The highest BCUT2D eigenvalue weighted by atomic mass is 14.9. The molecular formula is C17H21N. The first-order valence-corrected chi connectivity index (χ1v) is 6.97. The van der Waals surface area contributed by atoms with Crippen molar-refractivity contribution in [3.05, 3.63) is 47.5 Å². The number of aryl methyl sites for hydroxylation is 1. The SMILES string of the molecule is CNC(c1ccc(C)c2ccccc12)C1CCC1. The molecule has 1 unspecified atom stereocenters. The normalized spacial score (nSPS) is 17.7. The molecule has 1 aliphatic rings. The number of benzene rings is 2. The maximum Gasteiger partial charge on any atom is 0.0352 e. The molecule has 1 atom stereocenters. The van der Waals surface area contributed by atoms with E-state index in [1.807, 2.05) is 0 Å². The van der Waals surface area contributed by atoms with Crippen LogP contribution in [0.2, 0.25) is 0 Å². The molecule has 1 fully saturated rings. The van der Waals surface area contributed by atoms with Crippen molar-refractivity contribution < 1.29 is 0 Å². The molecular weight excluding hydrogens is 218 g/mol. The Balaban J connectivity index is 2.13. The van der Waals surface area contributed by atoms with Crippen LogP contribution in [0.3, 0.4) is 0 Å². The third-order valence-corrected chi connectivity index (χ3v) is 4.44. The van der Waals surface area contributed by atoms with Crippen LogP contribution in [0.4, 0.5) is 0 Å². The molecule has 3 rings (SSSR count). The summed E-state index contributed by atoms with van der Waals surface area (Å²) >= 11 is 0. The van der Waals surface area contributed by atoms with E-state index in [-0.39, 0.29) is 0 Å². The van der Waals surface area contributed by atoms with Crippen molar-refractivity contribution in [1.29, 1.82) is 0 Å². The summed E-state index contributed by atoms with van der Waals surface area (Å²) in [6.45, 7) is 2.20. The molecule has 0 aliphatic heterocycles. The highest BCUT2D eigenvalue weighted by molar-refractivity contribution is 5.89. The Morgan fingerprint density at radius 3 is 2.39 bits per heavy atom. The molecule has 1 heteroatoms. The van der Waals surface area contributed by atoms with E-state index in [1.165, 1.54) is 41.2 Å². The molecule has 0 radical (unpaired) electrons. The second-order valence-corrected chi connectivity index (χ2v) is 5.47. The van der Waals surface area contributed by atoms with Crippen LogP contribution in [-0.2, 0) is 0 Å². The molecule has 94 valence electrons. The summed E-state index contributed by atoms with van der Waals surface area (Å²) in [6.07, 6.45) is 4.13. The van der Waals surface area contributed by atoms with E-state index >= 15 is 0 Å². The Kier molecular flexibility index (Phi) is 3.09. The quantitative estimate of drug-likeness (QED) is 0.846. The second kappa shape index (κ2) is 4.74. The van der Waals surface area contributed by atoms with Gasteiger partial charge >= 0.3 is 0 Å². The fourth-order valence-corrected chi connectivity index (χ4v) is 3.16. The Morgan fingerprint density at radius 2 is 1.78 bits per heavy atom. The molecule has 0 bridgehead atoms. The summed E-state index contributed by atoms with van der Waals surface area (Å²) in [5.74, 6) is 0.820. The zero-order valence-corrected chi connectivity index (χ0v) is 11.2. The van der Waals surface area contributed by atoms with Crippen molar-refractivity contribution in [2.45, 2.75) is 32.2 Å². The Hall–Kier alpha value is -1.34. The lowest BCUT2D eigenvalue weighted by atomic mass is 9.76. The second-order valence-electron chi connectivity index (χ2n) is 5.47. The van der Waals surface area contributed by atoms with E-state index in [0.29, 0.717) is 6.04 Å². The van der Waals surface area contributed by atoms with E-state index in [0.717, 1.165) is 5.92 Å². The summed E-state index contributed by atoms with van der Waals surface area (Å²) in [6, 6.07) is 13.9. The van der Waals surface area contributed by atoms with Crippen molar-refractivity contribution in [3.63, 3.8) is 0 Å². The van der Waals surface area contributed by atoms with Gasteiger partial charge in [0.05, 0.1) is 0 Å². The lowest BCUT2D eigenvalue weighted by Gasteiger charge is -2.34. The van der Waals surface area contributed by atoms with Gasteiger partial charge in [0, 0.05) is 6.04 Å². The van der Waals surface area contributed by atoms with Gasteiger partial charge in [-0.1, -0.05) is 42.8 Å². The van der Waals surface area contributed by atoms with Gasteiger partial charge in [-0.15, -0.1) is 0 Å². The highest BCUT2D eigenvalue weighted by Gasteiger charge is 2.28. The average molecular weight is 239 g/mol. The van der Waals surface area contributed by atoms with Gasteiger partial charge in [0.15, 0.2) is 0 Å². The fourth-order valence-electron chi connectivity index (χ4n) is 3.16. The van der Waals surface area contributed by atoms with Crippen LogP contribution in [0.25, 0.3) is 10.8 Å². The van der Waals surface area contributed by atoms with Crippen LogP contribution in [-0.4, -0.2) is 7.05 Å². The number of hydrogen-bond acceptors (Lipinski definition) is 1. The summed E-state index contributed by atoms with van der Waals surface area (Å²) < 4.78 is 0. The number of hydrogen-bond donors (Lipinski definition) is 1. The third-order valence-electron chi connectivity index (χ3n) is 4.44. The Morgan fingerprint density at radius 1 is 1.06 bits per heavy atom. The molecule has 0 aromatic heterocycles. The maximum absolute atomic E-state index is 3.53. The van der Waals surface area contributed by atoms with E-state index in [4.69, 9.17) is 0 Å². The first-order valence-electron chi connectivity index (χ1n) is 6.97. The lowest BCUT2D eigenvalue weighted by Crippen LogP contribution is -2.29. The van der Waals surface area contributed by atoms with Gasteiger partial charge in [-0.2, -0.15) is 0 Å². The van der Waals surface area contributed by atoms with Crippen LogP contribution >= 0.6 is 0 Å². The molecule has 1 saturated carbocycles. The molecule has 1 N–H and O–H groups in total. The lowest BCUT2D eigenvalue weighted by molar-refractivity contribution is 0.240. The van der Waals surface area contributed by atoms with Crippen molar-refractivity contribution in [3.8, 4) is 0 Å². The number of nitrogens with one attached hydrogen (secondary N) is 1. The molecule has 2 aromatic carbocycles.